The van der Waals surface area contributed by atoms with E-state index in [1.54, 1.807) is 6.07 Å². The maximum atomic E-state index is 12.6. The van der Waals surface area contributed by atoms with Crippen molar-refractivity contribution in [1.29, 1.82) is 0 Å². The topological polar surface area (TPSA) is 122 Å². The van der Waals surface area contributed by atoms with Crippen LogP contribution in [-0.4, -0.2) is 29.7 Å². The van der Waals surface area contributed by atoms with Crippen LogP contribution in [0.25, 0.3) is 6.08 Å². The molecule has 9 nitrogen and oxygen atoms in total. The summed E-state index contributed by atoms with van der Waals surface area (Å²) in [5, 5.41) is 0. The van der Waals surface area contributed by atoms with Gasteiger partial charge in [0.2, 0.25) is 0 Å². The molecule has 166 valence electrons. The molecule has 0 aliphatic heterocycles. The van der Waals surface area contributed by atoms with Gasteiger partial charge in [-0.1, -0.05) is 12.1 Å². The summed E-state index contributed by atoms with van der Waals surface area (Å²) in [6, 6.07) is 8.44. The van der Waals surface area contributed by atoms with Crippen LogP contribution in [0.15, 0.2) is 42.5 Å². The van der Waals surface area contributed by atoms with Gasteiger partial charge in [0.15, 0.2) is 28.8 Å². The number of hydrogen-bond acceptors (Lipinski definition) is 9. The molecule has 0 amide bonds. The van der Waals surface area contributed by atoms with E-state index < -0.39 is 29.7 Å². The molecular weight excluding hydrogens is 420 g/mol. The number of carbonyl (C=O) groups excluding carboxylic acids is 5. The number of carbonyl (C=O) groups is 5. The Hall–Kier alpha value is -4.27. The maximum Gasteiger partial charge on any atom is 0.308 e. The Kier molecular flexibility index (Phi) is 8.00. The third-order valence-corrected chi connectivity index (χ3v) is 3.64. The Labute approximate surface area is 183 Å². The number of esters is 4. The van der Waals surface area contributed by atoms with E-state index in [-0.39, 0.29) is 28.6 Å². The summed E-state index contributed by atoms with van der Waals surface area (Å²) >= 11 is 0. The van der Waals surface area contributed by atoms with Crippen molar-refractivity contribution in [2.45, 2.75) is 27.7 Å². The number of rotatable bonds is 7. The molecule has 0 saturated carbocycles. The molecule has 0 radical (unpaired) electrons. The van der Waals surface area contributed by atoms with Crippen molar-refractivity contribution >= 4 is 35.7 Å². The van der Waals surface area contributed by atoms with Crippen molar-refractivity contribution in [3.63, 3.8) is 0 Å². The molecule has 0 N–H and O–H groups in total. The molecule has 2 rings (SSSR count). The normalized spacial score (nSPS) is 10.4. The number of ether oxygens (including phenoxy) is 4. The molecule has 0 fully saturated rings. The summed E-state index contributed by atoms with van der Waals surface area (Å²) in [6.07, 6.45) is 2.70. The third-order valence-electron chi connectivity index (χ3n) is 3.64. The molecular formula is C23H20O9. The maximum absolute atomic E-state index is 12.6. The minimum absolute atomic E-state index is 0.000290. The van der Waals surface area contributed by atoms with E-state index in [2.05, 4.69) is 0 Å². The Morgan fingerprint density at radius 2 is 1.03 bits per heavy atom. The lowest BCUT2D eigenvalue weighted by atomic mass is 10.1. The Balaban J connectivity index is 2.30. The molecule has 0 aromatic heterocycles. The standard InChI is InChI=1S/C23H20O9/c1-13(24)29-20-9-6-17(11-22(20)31-15(3)26)5-8-19(28)18-7-10-21(30-14(2)25)23(12-18)32-16(4)27/h5-12H,1-4H3/b8-5+. The van der Waals surface area contributed by atoms with Gasteiger partial charge >= 0.3 is 23.9 Å². The zero-order valence-corrected chi connectivity index (χ0v) is 17.8. The van der Waals surface area contributed by atoms with Crippen molar-refractivity contribution in [2.75, 3.05) is 0 Å². The van der Waals surface area contributed by atoms with Gasteiger partial charge in [0.1, 0.15) is 0 Å². The van der Waals surface area contributed by atoms with Gasteiger partial charge in [-0.25, -0.2) is 0 Å². The summed E-state index contributed by atoms with van der Waals surface area (Å²) in [4.78, 5) is 57.6. The average molecular weight is 440 g/mol. The number of hydrogen-bond donors (Lipinski definition) is 0. The monoisotopic (exact) mass is 440 g/mol. The summed E-state index contributed by atoms with van der Waals surface area (Å²) in [5.41, 5.74) is 0.660. The molecule has 0 atom stereocenters. The average Bonchev–Trinajstić information content (AvgIpc) is 2.67. The smallest absolute Gasteiger partial charge is 0.308 e. The molecule has 0 heterocycles. The quantitative estimate of drug-likeness (QED) is 0.276. The number of benzene rings is 2. The molecule has 9 heteroatoms. The van der Waals surface area contributed by atoms with Gasteiger partial charge in [0.05, 0.1) is 0 Å². The van der Waals surface area contributed by atoms with Crippen LogP contribution < -0.4 is 18.9 Å². The van der Waals surface area contributed by atoms with Crippen molar-refractivity contribution in [3.8, 4) is 23.0 Å². The second-order valence-corrected chi connectivity index (χ2v) is 6.44. The fourth-order valence-electron chi connectivity index (χ4n) is 2.51. The molecule has 0 unspecified atom stereocenters. The summed E-state index contributed by atoms with van der Waals surface area (Å²) in [5.74, 6) is -2.89. The van der Waals surface area contributed by atoms with E-state index in [1.807, 2.05) is 0 Å². The van der Waals surface area contributed by atoms with E-state index in [1.165, 1.54) is 70.2 Å². The van der Waals surface area contributed by atoms with Gasteiger partial charge in [-0.2, -0.15) is 0 Å². The first kappa shape index (κ1) is 24.0. The molecule has 0 aliphatic rings. The minimum atomic E-state index is -0.649. The molecule has 2 aromatic carbocycles. The highest BCUT2D eigenvalue weighted by Crippen LogP contribution is 2.31. The first-order valence-corrected chi connectivity index (χ1v) is 9.29. The van der Waals surface area contributed by atoms with Crippen LogP contribution >= 0.6 is 0 Å². The van der Waals surface area contributed by atoms with E-state index in [0.29, 0.717) is 5.56 Å². The second-order valence-electron chi connectivity index (χ2n) is 6.44. The van der Waals surface area contributed by atoms with Crippen molar-refractivity contribution in [2.24, 2.45) is 0 Å². The molecule has 0 saturated heterocycles. The molecule has 0 aliphatic carbocycles. The van der Waals surface area contributed by atoms with Crippen LogP contribution in [0.2, 0.25) is 0 Å². The van der Waals surface area contributed by atoms with Gasteiger partial charge in [0, 0.05) is 33.3 Å². The third kappa shape index (κ3) is 7.21. The van der Waals surface area contributed by atoms with Crippen molar-refractivity contribution in [1.82, 2.24) is 0 Å². The zero-order valence-electron chi connectivity index (χ0n) is 17.8. The molecule has 32 heavy (non-hydrogen) atoms. The first-order chi connectivity index (χ1) is 15.0. The van der Waals surface area contributed by atoms with Crippen LogP contribution in [0.5, 0.6) is 23.0 Å². The predicted molar refractivity (Wildman–Crippen MR) is 111 cm³/mol. The van der Waals surface area contributed by atoms with Crippen molar-refractivity contribution < 1.29 is 42.9 Å². The van der Waals surface area contributed by atoms with Gasteiger partial charge in [-0.3, -0.25) is 24.0 Å². The summed E-state index contributed by atoms with van der Waals surface area (Å²) in [6.45, 7) is 4.77. The van der Waals surface area contributed by atoms with Gasteiger partial charge in [-0.15, -0.1) is 0 Å². The Morgan fingerprint density at radius 3 is 1.53 bits per heavy atom. The van der Waals surface area contributed by atoms with Gasteiger partial charge < -0.3 is 18.9 Å². The highest BCUT2D eigenvalue weighted by Gasteiger charge is 2.14. The first-order valence-electron chi connectivity index (χ1n) is 9.29. The summed E-state index contributed by atoms with van der Waals surface area (Å²) in [7, 11) is 0. The fourth-order valence-corrected chi connectivity index (χ4v) is 2.51. The second kappa shape index (κ2) is 10.7. The van der Waals surface area contributed by atoms with Crippen LogP contribution in [0.4, 0.5) is 0 Å². The van der Waals surface area contributed by atoms with E-state index in [9.17, 15) is 24.0 Å². The van der Waals surface area contributed by atoms with Crippen LogP contribution in [0, 0.1) is 0 Å². The summed E-state index contributed by atoms with van der Waals surface area (Å²) < 4.78 is 20.0. The van der Waals surface area contributed by atoms with Crippen LogP contribution in [0.3, 0.4) is 0 Å². The predicted octanol–water partition coefficient (Wildman–Crippen LogP) is 3.28. The highest BCUT2D eigenvalue weighted by molar-refractivity contribution is 6.07. The van der Waals surface area contributed by atoms with Crippen molar-refractivity contribution in [3.05, 3.63) is 53.6 Å². The van der Waals surface area contributed by atoms with Gasteiger partial charge in [-0.05, 0) is 42.0 Å². The number of allylic oxidation sites excluding steroid dienone is 1. The molecule has 2 aromatic rings. The zero-order chi connectivity index (χ0) is 23.8. The van der Waals surface area contributed by atoms with E-state index in [0.717, 1.165) is 0 Å². The molecule has 0 spiro atoms. The van der Waals surface area contributed by atoms with Crippen LogP contribution in [-0.2, 0) is 19.2 Å². The highest BCUT2D eigenvalue weighted by atomic mass is 16.6. The SMILES string of the molecule is CC(=O)Oc1ccc(/C=C/C(=O)c2ccc(OC(C)=O)c(OC(C)=O)c2)cc1OC(C)=O. The minimum Gasteiger partial charge on any atom is -0.423 e. The molecule has 0 bridgehead atoms. The van der Waals surface area contributed by atoms with Crippen LogP contribution in [0.1, 0.15) is 43.6 Å². The Morgan fingerprint density at radius 1 is 0.594 bits per heavy atom. The Bertz CT molecular complexity index is 1110. The lowest BCUT2D eigenvalue weighted by molar-refractivity contribution is -0.134. The largest absolute Gasteiger partial charge is 0.423 e. The number of ketones is 1. The van der Waals surface area contributed by atoms with E-state index >= 15 is 0 Å². The lowest BCUT2D eigenvalue weighted by Gasteiger charge is -2.10. The van der Waals surface area contributed by atoms with Gasteiger partial charge in [0.25, 0.3) is 0 Å². The van der Waals surface area contributed by atoms with E-state index in [4.69, 9.17) is 18.9 Å². The lowest BCUT2D eigenvalue weighted by Crippen LogP contribution is -2.08. The fraction of sp³-hybridized carbons (Fsp3) is 0.174.